The number of nitrogens with zero attached hydrogens (tertiary/aromatic N) is 4. The first kappa shape index (κ1) is 17.1. The van der Waals surface area contributed by atoms with Crippen molar-refractivity contribution in [1.82, 2.24) is 14.5 Å². The largest absolute Gasteiger partial charge is 0.372 e. The van der Waals surface area contributed by atoms with Crippen molar-refractivity contribution in [2.24, 2.45) is 7.05 Å². The van der Waals surface area contributed by atoms with Crippen LogP contribution in [0.25, 0.3) is 0 Å². The molecule has 2 aliphatic rings. The summed E-state index contributed by atoms with van der Waals surface area (Å²) in [4.78, 5) is 21.7. The SMILES string of the molecule is Cc1cn(C)c([C@H]2CN(C(=O)c3ccc(N4CCCC4)cc3)CCO2)n1. The minimum absolute atomic E-state index is 0.0669. The maximum Gasteiger partial charge on any atom is 0.254 e. The summed E-state index contributed by atoms with van der Waals surface area (Å²) >= 11 is 0. The maximum atomic E-state index is 12.9. The zero-order valence-electron chi connectivity index (χ0n) is 15.5. The summed E-state index contributed by atoms with van der Waals surface area (Å²) in [5.74, 6) is 0.946. The average molecular weight is 354 g/mol. The van der Waals surface area contributed by atoms with Crippen LogP contribution in [0.1, 0.15) is 40.8 Å². The van der Waals surface area contributed by atoms with Crippen molar-refractivity contribution in [2.75, 3.05) is 37.7 Å². The van der Waals surface area contributed by atoms with E-state index in [1.54, 1.807) is 0 Å². The Morgan fingerprint density at radius 3 is 2.54 bits per heavy atom. The minimum atomic E-state index is -0.171. The summed E-state index contributed by atoms with van der Waals surface area (Å²) in [6.45, 7) is 5.89. The molecule has 0 saturated carbocycles. The van der Waals surface area contributed by atoms with Crippen molar-refractivity contribution in [3.05, 3.63) is 47.5 Å². The molecule has 6 heteroatoms. The molecule has 0 aliphatic carbocycles. The van der Waals surface area contributed by atoms with Gasteiger partial charge in [-0.1, -0.05) is 0 Å². The van der Waals surface area contributed by atoms with E-state index in [0.717, 1.165) is 30.2 Å². The van der Waals surface area contributed by atoms with Gasteiger partial charge in [0.2, 0.25) is 0 Å². The van der Waals surface area contributed by atoms with Crippen molar-refractivity contribution in [3.8, 4) is 0 Å². The number of imidazole rings is 1. The molecular formula is C20H26N4O2. The number of benzene rings is 1. The molecule has 0 spiro atoms. The van der Waals surface area contributed by atoms with Crippen LogP contribution in [0.4, 0.5) is 5.69 Å². The van der Waals surface area contributed by atoms with Gasteiger partial charge in [-0.05, 0) is 44.0 Å². The Kier molecular flexibility index (Phi) is 4.68. The van der Waals surface area contributed by atoms with E-state index in [-0.39, 0.29) is 12.0 Å². The fourth-order valence-corrected chi connectivity index (χ4v) is 3.90. The number of hydrogen-bond acceptors (Lipinski definition) is 4. The molecule has 0 bridgehead atoms. The molecule has 26 heavy (non-hydrogen) atoms. The second-order valence-electron chi connectivity index (χ2n) is 7.20. The third-order valence-corrected chi connectivity index (χ3v) is 5.26. The monoisotopic (exact) mass is 354 g/mol. The summed E-state index contributed by atoms with van der Waals surface area (Å²) < 4.78 is 7.86. The van der Waals surface area contributed by atoms with Crippen molar-refractivity contribution in [2.45, 2.75) is 25.9 Å². The lowest BCUT2D eigenvalue weighted by molar-refractivity contribution is -0.0279. The fraction of sp³-hybridized carbons (Fsp3) is 0.500. The van der Waals surface area contributed by atoms with Crippen LogP contribution in [0.2, 0.25) is 0 Å². The highest BCUT2D eigenvalue weighted by Gasteiger charge is 2.28. The lowest BCUT2D eigenvalue weighted by atomic mass is 10.1. The molecule has 3 heterocycles. The number of carbonyl (C=O) groups excluding carboxylic acids is 1. The highest BCUT2D eigenvalue weighted by atomic mass is 16.5. The summed E-state index contributed by atoms with van der Waals surface area (Å²) in [6.07, 6.45) is 4.32. The molecule has 1 aromatic heterocycles. The van der Waals surface area contributed by atoms with Gasteiger partial charge in [-0.2, -0.15) is 0 Å². The predicted molar refractivity (Wildman–Crippen MR) is 100 cm³/mol. The van der Waals surface area contributed by atoms with Crippen LogP contribution in [0.15, 0.2) is 30.5 Å². The molecule has 0 radical (unpaired) electrons. The van der Waals surface area contributed by atoms with Crippen LogP contribution in [0, 0.1) is 6.92 Å². The number of rotatable bonds is 3. The standard InChI is InChI=1S/C20H26N4O2/c1-15-13-22(2)19(21-15)18-14-24(11-12-26-18)20(25)16-5-7-17(8-6-16)23-9-3-4-10-23/h5-8,13,18H,3-4,9-12,14H2,1-2H3/t18-/m1/s1. The van der Waals surface area contributed by atoms with Gasteiger partial charge in [0.05, 0.1) is 18.8 Å². The number of amides is 1. The third-order valence-electron chi connectivity index (χ3n) is 5.26. The Labute approximate surface area is 154 Å². The van der Waals surface area contributed by atoms with Gasteiger partial charge in [-0.25, -0.2) is 4.98 Å². The molecule has 2 aromatic rings. The molecule has 1 aromatic carbocycles. The van der Waals surface area contributed by atoms with E-state index < -0.39 is 0 Å². The first-order valence-electron chi connectivity index (χ1n) is 9.37. The number of morpholine rings is 1. The van der Waals surface area contributed by atoms with Crippen LogP contribution in [-0.4, -0.2) is 53.1 Å². The topological polar surface area (TPSA) is 50.6 Å². The summed E-state index contributed by atoms with van der Waals surface area (Å²) in [5, 5.41) is 0. The number of ether oxygens (including phenoxy) is 1. The molecule has 0 N–H and O–H groups in total. The van der Waals surface area contributed by atoms with Crippen molar-refractivity contribution in [3.63, 3.8) is 0 Å². The molecule has 4 rings (SSSR count). The first-order valence-corrected chi connectivity index (χ1v) is 9.37. The quantitative estimate of drug-likeness (QED) is 0.850. The Balaban J connectivity index is 1.46. The number of aryl methyl sites for hydroxylation is 2. The zero-order chi connectivity index (χ0) is 18.1. The fourth-order valence-electron chi connectivity index (χ4n) is 3.90. The Hall–Kier alpha value is -2.34. The molecule has 138 valence electrons. The van der Waals surface area contributed by atoms with Crippen LogP contribution in [0.5, 0.6) is 0 Å². The lowest BCUT2D eigenvalue weighted by Crippen LogP contribution is -2.42. The third kappa shape index (κ3) is 3.33. The van der Waals surface area contributed by atoms with Crippen molar-refractivity contribution < 1.29 is 9.53 Å². The number of hydrogen-bond donors (Lipinski definition) is 0. The summed E-state index contributed by atoms with van der Waals surface area (Å²) in [6, 6.07) is 8.04. The van der Waals surface area contributed by atoms with Crippen LogP contribution >= 0.6 is 0 Å². The van der Waals surface area contributed by atoms with Crippen molar-refractivity contribution in [1.29, 1.82) is 0 Å². The highest BCUT2D eigenvalue weighted by molar-refractivity contribution is 5.94. The van der Waals surface area contributed by atoms with Crippen LogP contribution in [0.3, 0.4) is 0 Å². The number of carbonyl (C=O) groups is 1. The van der Waals surface area contributed by atoms with Crippen LogP contribution in [-0.2, 0) is 11.8 Å². The van der Waals surface area contributed by atoms with Gasteiger partial charge >= 0.3 is 0 Å². The smallest absolute Gasteiger partial charge is 0.254 e. The van der Waals surface area contributed by atoms with Crippen LogP contribution < -0.4 is 4.90 Å². The molecule has 2 aliphatic heterocycles. The predicted octanol–water partition coefficient (Wildman–Crippen LogP) is 2.54. The van der Waals surface area contributed by atoms with Gasteiger partial charge in [-0.15, -0.1) is 0 Å². The van der Waals surface area contributed by atoms with E-state index in [9.17, 15) is 4.79 Å². The average Bonchev–Trinajstić information content (AvgIpc) is 3.31. The van der Waals surface area contributed by atoms with Gasteiger partial charge in [0, 0.05) is 44.1 Å². The Morgan fingerprint density at radius 1 is 1.15 bits per heavy atom. The van der Waals surface area contributed by atoms with Gasteiger partial charge < -0.3 is 19.1 Å². The van der Waals surface area contributed by atoms with Gasteiger partial charge in [0.25, 0.3) is 5.91 Å². The molecular weight excluding hydrogens is 328 g/mol. The number of aromatic nitrogens is 2. The molecule has 2 fully saturated rings. The molecule has 2 saturated heterocycles. The molecule has 1 atom stereocenters. The molecule has 6 nitrogen and oxygen atoms in total. The van der Waals surface area contributed by atoms with Gasteiger partial charge in [-0.3, -0.25) is 4.79 Å². The van der Waals surface area contributed by atoms with Crippen molar-refractivity contribution >= 4 is 11.6 Å². The van der Waals surface area contributed by atoms with E-state index in [0.29, 0.717) is 19.7 Å². The molecule has 1 amide bonds. The normalized spacial score (nSPS) is 20.6. The van der Waals surface area contributed by atoms with E-state index >= 15 is 0 Å². The highest BCUT2D eigenvalue weighted by Crippen LogP contribution is 2.24. The van der Waals surface area contributed by atoms with E-state index in [4.69, 9.17) is 4.74 Å². The Morgan fingerprint density at radius 2 is 1.88 bits per heavy atom. The summed E-state index contributed by atoms with van der Waals surface area (Å²) in [5.41, 5.74) is 2.92. The van der Waals surface area contributed by atoms with E-state index in [2.05, 4.69) is 22.0 Å². The summed E-state index contributed by atoms with van der Waals surface area (Å²) in [7, 11) is 1.97. The zero-order valence-corrected chi connectivity index (χ0v) is 15.5. The van der Waals surface area contributed by atoms with E-state index in [1.807, 2.05) is 41.8 Å². The Bertz CT molecular complexity index is 778. The first-order chi connectivity index (χ1) is 12.6. The second-order valence-corrected chi connectivity index (χ2v) is 7.20. The molecule has 0 unspecified atom stereocenters. The van der Waals surface area contributed by atoms with Gasteiger partial charge in [0.15, 0.2) is 0 Å². The van der Waals surface area contributed by atoms with Gasteiger partial charge in [0.1, 0.15) is 11.9 Å². The maximum absolute atomic E-state index is 12.9. The second kappa shape index (κ2) is 7.11. The minimum Gasteiger partial charge on any atom is -0.372 e. The van der Waals surface area contributed by atoms with E-state index in [1.165, 1.54) is 18.5 Å². The number of anilines is 1. The lowest BCUT2D eigenvalue weighted by Gasteiger charge is -2.32.